The van der Waals surface area contributed by atoms with Crippen molar-refractivity contribution in [1.82, 2.24) is 19.7 Å². The van der Waals surface area contributed by atoms with Crippen molar-refractivity contribution in [2.45, 2.75) is 35.7 Å². The Labute approximate surface area is 136 Å². The number of rotatable bonds is 2. The van der Waals surface area contributed by atoms with Crippen molar-refractivity contribution >= 4 is 44.9 Å². The van der Waals surface area contributed by atoms with Crippen molar-refractivity contribution in [3.8, 4) is 0 Å². The second-order valence-corrected chi connectivity index (χ2v) is 8.44. The van der Waals surface area contributed by atoms with Crippen molar-refractivity contribution in [1.29, 1.82) is 0 Å². The summed E-state index contributed by atoms with van der Waals surface area (Å²) in [6.45, 7) is 6.38. The second-order valence-electron chi connectivity index (χ2n) is 5.78. The molecule has 0 atom stereocenters. The van der Waals surface area contributed by atoms with Gasteiger partial charge in [0.2, 0.25) is 0 Å². The first-order chi connectivity index (χ1) is 9.86. The van der Waals surface area contributed by atoms with Gasteiger partial charge in [-0.25, -0.2) is 4.98 Å². The van der Waals surface area contributed by atoms with Crippen LogP contribution in [0.5, 0.6) is 0 Å². The summed E-state index contributed by atoms with van der Waals surface area (Å²) in [4.78, 5) is 4.59. The van der Waals surface area contributed by atoms with Gasteiger partial charge in [0, 0.05) is 12.5 Å². The highest BCUT2D eigenvalue weighted by molar-refractivity contribution is 8.01. The molecule has 0 fully saturated rings. The van der Waals surface area contributed by atoms with Crippen molar-refractivity contribution in [2.24, 2.45) is 7.05 Å². The number of fused-ring (bicyclic) bond motifs is 1. The van der Waals surface area contributed by atoms with Gasteiger partial charge in [0.25, 0.3) is 0 Å². The molecule has 3 rings (SSSR count). The topological polar surface area (TPSA) is 43.6 Å². The van der Waals surface area contributed by atoms with Gasteiger partial charge >= 0.3 is 0 Å². The third-order valence-electron chi connectivity index (χ3n) is 3.03. The SMILES string of the molecule is Cn1c(Sc2nc3c(Cl)cccc3s2)nnc1C(C)(C)C. The maximum Gasteiger partial charge on any atom is 0.198 e. The molecule has 110 valence electrons. The van der Waals surface area contributed by atoms with Gasteiger partial charge in [-0.05, 0) is 23.9 Å². The van der Waals surface area contributed by atoms with Crippen LogP contribution in [0.2, 0.25) is 5.02 Å². The van der Waals surface area contributed by atoms with Crippen molar-refractivity contribution < 1.29 is 0 Å². The average Bonchev–Trinajstić information content (AvgIpc) is 2.95. The van der Waals surface area contributed by atoms with Crippen LogP contribution in [0, 0.1) is 0 Å². The fourth-order valence-electron chi connectivity index (χ4n) is 2.07. The van der Waals surface area contributed by atoms with Gasteiger partial charge < -0.3 is 4.57 Å². The molecule has 0 unspecified atom stereocenters. The number of para-hydroxylation sites is 1. The smallest absolute Gasteiger partial charge is 0.198 e. The predicted molar refractivity (Wildman–Crippen MR) is 88.5 cm³/mol. The quantitative estimate of drug-likeness (QED) is 0.688. The maximum absolute atomic E-state index is 6.17. The highest BCUT2D eigenvalue weighted by atomic mass is 35.5. The van der Waals surface area contributed by atoms with Crippen molar-refractivity contribution in [3.63, 3.8) is 0 Å². The summed E-state index contributed by atoms with van der Waals surface area (Å²) < 4.78 is 4.04. The Morgan fingerprint density at radius 2 is 2.00 bits per heavy atom. The summed E-state index contributed by atoms with van der Waals surface area (Å²) in [6, 6.07) is 5.83. The first-order valence-corrected chi connectivity index (χ1v) is 8.50. The summed E-state index contributed by atoms with van der Waals surface area (Å²) in [5, 5.41) is 10.1. The monoisotopic (exact) mass is 338 g/mol. The molecule has 0 saturated heterocycles. The van der Waals surface area contributed by atoms with Crippen LogP contribution in [-0.4, -0.2) is 19.7 Å². The second kappa shape index (κ2) is 5.26. The van der Waals surface area contributed by atoms with E-state index in [9.17, 15) is 0 Å². The highest BCUT2D eigenvalue weighted by Gasteiger charge is 2.23. The Morgan fingerprint density at radius 3 is 2.62 bits per heavy atom. The van der Waals surface area contributed by atoms with E-state index in [4.69, 9.17) is 11.6 Å². The van der Waals surface area contributed by atoms with Gasteiger partial charge in [-0.1, -0.05) is 38.4 Å². The first kappa shape index (κ1) is 14.8. The fourth-order valence-corrected chi connectivity index (χ4v) is 4.33. The minimum absolute atomic E-state index is 0.0303. The zero-order valence-electron chi connectivity index (χ0n) is 12.2. The van der Waals surface area contributed by atoms with Crippen molar-refractivity contribution in [3.05, 3.63) is 29.0 Å². The van der Waals surface area contributed by atoms with Crippen LogP contribution >= 0.6 is 34.7 Å². The maximum atomic E-state index is 6.17. The van der Waals surface area contributed by atoms with Gasteiger partial charge in [0.05, 0.1) is 9.72 Å². The molecule has 0 aliphatic heterocycles. The van der Waals surface area contributed by atoms with Crippen LogP contribution in [0.1, 0.15) is 26.6 Å². The van der Waals surface area contributed by atoms with E-state index in [0.29, 0.717) is 5.02 Å². The van der Waals surface area contributed by atoms with Gasteiger partial charge in [-0.15, -0.1) is 21.5 Å². The van der Waals surface area contributed by atoms with Gasteiger partial charge in [0.15, 0.2) is 9.50 Å². The van der Waals surface area contributed by atoms with Crippen LogP contribution in [-0.2, 0) is 12.5 Å². The van der Waals surface area contributed by atoms with E-state index in [0.717, 1.165) is 25.5 Å². The molecule has 0 saturated carbocycles. The van der Waals surface area contributed by atoms with E-state index in [2.05, 4.69) is 36.0 Å². The molecule has 4 nitrogen and oxygen atoms in total. The number of nitrogens with zero attached hydrogens (tertiary/aromatic N) is 4. The van der Waals surface area contributed by atoms with Crippen LogP contribution in [0.25, 0.3) is 10.2 Å². The third kappa shape index (κ3) is 2.80. The number of thiazole rings is 1. The van der Waals surface area contributed by atoms with Gasteiger partial charge in [-0.3, -0.25) is 0 Å². The molecular formula is C14H15ClN4S2. The predicted octanol–water partition coefficient (Wildman–Crippen LogP) is 4.53. The van der Waals surface area contributed by atoms with Gasteiger partial charge in [-0.2, -0.15) is 0 Å². The molecule has 2 heterocycles. The normalized spacial score (nSPS) is 12.2. The highest BCUT2D eigenvalue weighted by Crippen LogP contribution is 2.36. The zero-order chi connectivity index (χ0) is 15.2. The molecule has 21 heavy (non-hydrogen) atoms. The lowest BCUT2D eigenvalue weighted by molar-refractivity contribution is 0.513. The molecule has 2 aromatic heterocycles. The van der Waals surface area contributed by atoms with E-state index in [-0.39, 0.29) is 5.41 Å². The molecular weight excluding hydrogens is 324 g/mol. The summed E-state index contributed by atoms with van der Waals surface area (Å²) >= 11 is 9.31. The zero-order valence-corrected chi connectivity index (χ0v) is 14.6. The van der Waals surface area contributed by atoms with E-state index >= 15 is 0 Å². The van der Waals surface area contributed by atoms with Crippen LogP contribution in [0.4, 0.5) is 0 Å². The lowest BCUT2D eigenvalue weighted by Crippen LogP contribution is -2.17. The molecule has 0 radical (unpaired) electrons. The minimum Gasteiger partial charge on any atom is -0.308 e. The molecule has 0 spiro atoms. The van der Waals surface area contributed by atoms with E-state index < -0.39 is 0 Å². The van der Waals surface area contributed by atoms with Crippen LogP contribution < -0.4 is 0 Å². The van der Waals surface area contributed by atoms with Gasteiger partial charge in [0.1, 0.15) is 11.3 Å². The Hall–Kier alpha value is -1.11. The first-order valence-electron chi connectivity index (χ1n) is 6.49. The number of aromatic nitrogens is 4. The lowest BCUT2D eigenvalue weighted by Gasteiger charge is -2.16. The summed E-state index contributed by atoms with van der Waals surface area (Å²) in [5.41, 5.74) is 0.821. The molecule has 0 aliphatic rings. The van der Waals surface area contributed by atoms with E-state index in [1.165, 1.54) is 11.8 Å². The lowest BCUT2D eigenvalue weighted by atomic mass is 9.96. The largest absolute Gasteiger partial charge is 0.308 e. The Balaban J connectivity index is 1.96. The number of halogens is 1. The molecule has 0 N–H and O–H groups in total. The van der Waals surface area contributed by atoms with E-state index in [1.807, 2.05) is 29.8 Å². The third-order valence-corrected chi connectivity index (χ3v) is 5.46. The standard InChI is InChI=1S/C14H15ClN4S2/c1-14(2,3)11-17-18-12(19(11)4)21-13-16-10-8(15)6-5-7-9(10)20-13/h5-7H,1-4H3. The van der Waals surface area contributed by atoms with Crippen LogP contribution in [0.15, 0.2) is 27.7 Å². The molecule has 0 amide bonds. The van der Waals surface area contributed by atoms with Crippen molar-refractivity contribution in [2.75, 3.05) is 0 Å². The summed E-state index contributed by atoms with van der Waals surface area (Å²) in [6.07, 6.45) is 0. The Bertz CT molecular complexity index is 801. The molecule has 0 aliphatic carbocycles. The van der Waals surface area contributed by atoms with E-state index in [1.54, 1.807) is 11.3 Å². The Morgan fingerprint density at radius 1 is 1.24 bits per heavy atom. The molecule has 3 aromatic rings. The average molecular weight is 339 g/mol. The molecule has 0 bridgehead atoms. The summed E-state index contributed by atoms with van der Waals surface area (Å²) in [7, 11) is 1.99. The molecule has 1 aromatic carbocycles. The molecule has 7 heteroatoms. The summed E-state index contributed by atoms with van der Waals surface area (Å²) in [5.74, 6) is 0.962. The fraction of sp³-hybridized carbons (Fsp3) is 0.357. The number of hydrogen-bond acceptors (Lipinski definition) is 5. The number of hydrogen-bond donors (Lipinski definition) is 0. The Kier molecular flexibility index (Phi) is 3.71. The van der Waals surface area contributed by atoms with Crippen LogP contribution in [0.3, 0.4) is 0 Å². The minimum atomic E-state index is -0.0303. The number of benzene rings is 1.